The van der Waals surface area contributed by atoms with Crippen molar-refractivity contribution in [1.29, 1.82) is 0 Å². The number of para-hydroxylation sites is 1. The number of carbonyl (C=O) groups excluding carboxylic acids is 2. The molecule has 0 saturated carbocycles. The number of piperazine rings is 2. The molecule has 3 heterocycles. The summed E-state index contributed by atoms with van der Waals surface area (Å²) in [6.45, 7) is 4.65. The number of rotatable bonds is 4. The molecular weight excluding hydrogens is 375 g/mol. The van der Waals surface area contributed by atoms with Crippen LogP contribution in [-0.4, -0.2) is 84.4 Å². The molecule has 1 aromatic carbocycles. The van der Waals surface area contributed by atoms with E-state index in [9.17, 15) is 14.0 Å². The highest BCUT2D eigenvalue weighted by molar-refractivity contribution is 5.92. The topological polar surface area (TPSA) is 72.9 Å². The summed E-state index contributed by atoms with van der Waals surface area (Å²) in [4.78, 5) is 39.8. The Morgan fingerprint density at radius 2 is 1.62 bits per heavy atom. The number of halogens is 1. The van der Waals surface area contributed by atoms with E-state index in [-0.39, 0.29) is 11.7 Å². The minimum atomic E-state index is -0.223. The summed E-state index contributed by atoms with van der Waals surface area (Å²) >= 11 is 0. The lowest BCUT2D eigenvalue weighted by Gasteiger charge is -2.36. The van der Waals surface area contributed by atoms with Crippen molar-refractivity contribution in [2.45, 2.75) is 0 Å². The molecule has 2 aromatic rings. The minimum absolute atomic E-state index is 0.149. The van der Waals surface area contributed by atoms with Gasteiger partial charge in [-0.2, -0.15) is 0 Å². The van der Waals surface area contributed by atoms with E-state index in [4.69, 9.17) is 0 Å². The Bertz CT molecular complexity index is 879. The highest BCUT2D eigenvalue weighted by Crippen LogP contribution is 2.21. The van der Waals surface area contributed by atoms with Crippen LogP contribution in [0.5, 0.6) is 0 Å². The van der Waals surface area contributed by atoms with Crippen molar-refractivity contribution >= 4 is 24.0 Å². The number of hydrogen-bond acceptors (Lipinski definition) is 6. The third-order valence-corrected chi connectivity index (χ3v) is 5.37. The lowest BCUT2D eigenvalue weighted by Crippen LogP contribution is -2.49. The first kappa shape index (κ1) is 19.1. The number of hydrogen-bond donors (Lipinski definition) is 0. The SMILES string of the molecule is O=CN1CCN(C(=O)c2ccnc(N3CCN(c4ccccc4F)CC3)n2)CC1. The smallest absolute Gasteiger partial charge is 0.272 e. The molecule has 2 aliphatic rings. The van der Waals surface area contributed by atoms with Gasteiger partial charge in [-0.25, -0.2) is 14.4 Å². The number of aromatic nitrogens is 2. The van der Waals surface area contributed by atoms with Gasteiger partial charge in [0.2, 0.25) is 12.4 Å². The van der Waals surface area contributed by atoms with Crippen LogP contribution in [0, 0.1) is 5.82 Å². The van der Waals surface area contributed by atoms with Crippen molar-refractivity contribution in [2.24, 2.45) is 0 Å². The molecule has 1 aromatic heterocycles. The fourth-order valence-corrected chi connectivity index (χ4v) is 3.67. The van der Waals surface area contributed by atoms with E-state index >= 15 is 0 Å². The second-order valence-electron chi connectivity index (χ2n) is 7.10. The standard InChI is InChI=1S/C20H23FN6O2/c21-16-3-1-2-4-18(16)25-11-13-27(14-12-25)20-22-6-5-17(23-20)19(29)26-9-7-24(15-28)8-10-26/h1-6,15H,7-14H2. The zero-order valence-corrected chi connectivity index (χ0v) is 16.1. The molecule has 2 amide bonds. The minimum Gasteiger partial charge on any atom is -0.366 e. The van der Waals surface area contributed by atoms with Gasteiger partial charge in [0.25, 0.3) is 5.91 Å². The molecule has 9 heteroatoms. The van der Waals surface area contributed by atoms with E-state index in [1.165, 1.54) is 6.07 Å². The maximum Gasteiger partial charge on any atom is 0.272 e. The number of carbonyl (C=O) groups is 2. The Hall–Kier alpha value is -3.23. The summed E-state index contributed by atoms with van der Waals surface area (Å²) in [5.41, 5.74) is 0.956. The average Bonchev–Trinajstić information content (AvgIpc) is 2.79. The molecule has 29 heavy (non-hydrogen) atoms. The van der Waals surface area contributed by atoms with Gasteiger partial charge in [-0.15, -0.1) is 0 Å². The largest absolute Gasteiger partial charge is 0.366 e. The summed E-state index contributed by atoms with van der Waals surface area (Å²) in [6, 6.07) is 8.38. The monoisotopic (exact) mass is 398 g/mol. The molecule has 0 spiro atoms. The lowest BCUT2D eigenvalue weighted by molar-refractivity contribution is -0.119. The first-order valence-corrected chi connectivity index (χ1v) is 9.72. The van der Waals surface area contributed by atoms with Crippen LogP contribution in [0.1, 0.15) is 10.5 Å². The number of anilines is 2. The Balaban J connectivity index is 1.40. The lowest BCUT2D eigenvalue weighted by atomic mass is 10.2. The van der Waals surface area contributed by atoms with Crippen LogP contribution in [0.3, 0.4) is 0 Å². The van der Waals surface area contributed by atoms with E-state index in [0.29, 0.717) is 69.7 Å². The molecule has 4 rings (SSSR count). The van der Waals surface area contributed by atoms with Gasteiger partial charge >= 0.3 is 0 Å². The third-order valence-electron chi connectivity index (χ3n) is 5.37. The van der Waals surface area contributed by atoms with Crippen molar-refractivity contribution in [3.63, 3.8) is 0 Å². The second kappa shape index (κ2) is 8.42. The van der Waals surface area contributed by atoms with Crippen molar-refractivity contribution < 1.29 is 14.0 Å². The van der Waals surface area contributed by atoms with Crippen LogP contribution in [0.25, 0.3) is 0 Å². The van der Waals surface area contributed by atoms with E-state index in [1.807, 2.05) is 15.9 Å². The summed E-state index contributed by atoms with van der Waals surface area (Å²) in [6.07, 6.45) is 2.41. The fourth-order valence-electron chi connectivity index (χ4n) is 3.67. The second-order valence-corrected chi connectivity index (χ2v) is 7.10. The van der Waals surface area contributed by atoms with Crippen LogP contribution in [0.15, 0.2) is 36.5 Å². The van der Waals surface area contributed by atoms with Gasteiger partial charge in [-0.3, -0.25) is 9.59 Å². The Morgan fingerprint density at radius 1 is 0.931 bits per heavy atom. The first-order chi connectivity index (χ1) is 14.2. The van der Waals surface area contributed by atoms with Gasteiger partial charge < -0.3 is 19.6 Å². The van der Waals surface area contributed by atoms with Crippen LogP contribution in [-0.2, 0) is 4.79 Å². The van der Waals surface area contributed by atoms with Gasteiger partial charge in [0.05, 0.1) is 5.69 Å². The predicted octanol–water partition coefficient (Wildman–Crippen LogP) is 0.856. The summed E-state index contributed by atoms with van der Waals surface area (Å²) < 4.78 is 14.0. The highest BCUT2D eigenvalue weighted by atomic mass is 19.1. The van der Waals surface area contributed by atoms with Crippen LogP contribution in [0.2, 0.25) is 0 Å². The fraction of sp³-hybridized carbons (Fsp3) is 0.400. The highest BCUT2D eigenvalue weighted by Gasteiger charge is 2.25. The molecule has 2 aliphatic heterocycles. The van der Waals surface area contributed by atoms with Crippen molar-refractivity contribution in [2.75, 3.05) is 62.2 Å². The molecule has 0 aliphatic carbocycles. The van der Waals surface area contributed by atoms with E-state index in [1.54, 1.807) is 34.2 Å². The Morgan fingerprint density at radius 3 is 2.31 bits per heavy atom. The molecule has 152 valence electrons. The van der Waals surface area contributed by atoms with Crippen molar-refractivity contribution in [3.05, 3.63) is 48.0 Å². The van der Waals surface area contributed by atoms with Gasteiger partial charge in [0.1, 0.15) is 11.5 Å². The van der Waals surface area contributed by atoms with E-state index in [0.717, 1.165) is 6.41 Å². The zero-order valence-electron chi connectivity index (χ0n) is 16.1. The molecule has 0 radical (unpaired) electrons. The van der Waals surface area contributed by atoms with Crippen LogP contribution >= 0.6 is 0 Å². The molecule has 8 nitrogen and oxygen atoms in total. The van der Waals surface area contributed by atoms with E-state index in [2.05, 4.69) is 9.97 Å². The number of benzene rings is 1. The Kier molecular flexibility index (Phi) is 5.55. The quantitative estimate of drug-likeness (QED) is 0.712. The molecule has 0 N–H and O–H groups in total. The normalized spacial score (nSPS) is 17.4. The van der Waals surface area contributed by atoms with Gasteiger partial charge in [0, 0.05) is 58.6 Å². The van der Waals surface area contributed by atoms with Crippen LogP contribution < -0.4 is 9.80 Å². The predicted molar refractivity (Wildman–Crippen MR) is 106 cm³/mol. The Labute approximate surface area is 168 Å². The molecular formula is C20H23FN6O2. The molecule has 0 unspecified atom stereocenters. The van der Waals surface area contributed by atoms with Gasteiger partial charge in [-0.1, -0.05) is 12.1 Å². The van der Waals surface area contributed by atoms with Crippen molar-refractivity contribution in [3.8, 4) is 0 Å². The summed E-state index contributed by atoms with van der Waals surface area (Å²) in [5, 5.41) is 0. The maximum atomic E-state index is 14.0. The number of amides is 2. The van der Waals surface area contributed by atoms with Gasteiger partial charge in [-0.05, 0) is 18.2 Å². The first-order valence-electron chi connectivity index (χ1n) is 9.72. The molecule has 0 atom stereocenters. The van der Waals surface area contributed by atoms with E-state index < -0.39 is 0 Å². The molecule has 0 bridgehead atoms. The average molecular weight is 398 g/mol. The maximum absolute atomic E-state index is 14.0. The molecule has 2 saturated heterocycles. The molecule has 2 fully saturated rings. The summed E-state index contributed by atoms with van der Waals surface area (Å²) in [7, 11) is 0. The van der Waals surface area contributed by atoms with Gasteiger partial charge in [0.15, 0.2) is 0 Å². The summed E-state index contributed by atoms with van der Waals surface area (Å²) in [5.74, 6) is 0.138. The van der Waals surface area contributed by atoms with Crippen LogP contribution in [0.4, 0.5) is 16.0 Å². The zero-order chi connectivity index (χ0) is 20.2. The third kappa shape index (κ3) is 4.13. The van der Waals surface area contributed by atoms with Crippen molar-refractivity contribution in [1.82, 2.24) is 19.8 Å². The number of nitrogens with zero attached hydrogens (tertiary/aromatic N) is 6.